The van der Waals surface area contributed by atoms with Crippen LogP contribution in [-0.4, -0.2) is 18.2 Å². The molecule has 0 aliphatic heterocycles. The molecule has 0 saturated carbocycles. The van der Waals surface area contributed by atoms with Gasteiger partial charge in [-0.25, -0.2) is 13.1 Å². The molecule has 6 nitrogen and oxygen atoms in total. The van der Waals surface area contributed by atoms with Crippen molar-refractivity contribution in [3.8, 4) is 0 Å². The largest absolute Gasteiger partial charge is 0.396 e. The van der Waals surface area contributed by atoms with Gasteiger partial charge in [-0.15, -0.1) is 0 Å². The van der Waals surface area contributed by atoms with Gasteiger partial charge in [0.25, 0.3) is 10.0 Å². The highest BCUT2D eigenvalue weighted by Gasteiger charge is 2.22. The fourth-order valence-corrected chi connectivity index (χ4v) is 3.57. The van der Waals surface area contributed by atoms with E-state index < -0.39 is 10.0 Å². The summed E-state index contributed by atoms with van der Waals surface area (Å²) in [4.78, 5) is -0.137. The summed E-state index contributed by atoms with van der Waals surface area (Å²) in [7, 11) is -3.89. The third-order valence-electron chi connectivity index (χ3n) is 2.78. The Morgan fingerprint density at radius 3 is 2.57 bits per heavy atom. The summed E-state index contributed by atoms with van der Waals surface area (Å²) >= 11 is 11.8. The summed E-state index contributed by atoms with van der Waals surface area (Å²) < 4.78 is 28.8. The van der Waals surface area contributed by atoms with Crippen molar-refractivity contribution in [1.82, 2.24) is 9.78 Å². The van der Waals surface area contributed by atoms with Crippen LogP contribution in [0.3, 0.4) is 0 Å². The highest BCUT2D eigenvalue weighted by atomic mass is 35.5. The first-order valence-electron chi connectivity index (χ1n) is 6.04. The zero-order chi connectivity index (χ0) is 15.8. The number of nitrogens with one attached hydrogen (secondary N) is 1. The average Bonchev–Trinajstić information content (AvgIpc) is 2.83. The minimum absolute atomic E-state index is 0.00320. The highest BCUT2D eigenvalue weighted by Crippen LogP contribution is 2.34. The van der Waals surface area contributed by atoms with Crippen molar-refractivity contribution in [3.63, 3.8) is 0 Å². The molecule has 0 aliphatic rings. The number of nitrogen functional groups attached to an aromatic ring is 1. The summed E-state index contributed by atoms with van der Waals surface area (Å²) in [6.45, 7) is 3.77. The van der Waals surface area contributed by atoms with Crippen LogP contribution in [0.15, 0.2) is 29.3 Å². The molecule has 0 aliphatic carbocycles. The SMILES string of the molecule is CC(C)n1nccc1NS(=O)(=O)c1ccc(Cl)c(N)c1Cl. The van der Waals surface area contributed by atoms with Gasteiger partial charge >= 0.3 is 0 Å². The second-order valence-corrected chi connectivity index (χ2v) is 7.07. The Bertz CT molecular complexity index is 772. The third kappa shape index (κ3) is 3.09. The standard InChI is InChI=1S/C12H14Cl2N4O2S/c1-7(2)18-10(5-6-16-18)17-21(19,20)9-4-3-8(13)12(15)11(9)14/h3-7,17H,15H2,1-2H3. The summed E-state index contributed by atoms with van der Waals surface area (Å²) in [5.74, 6) is 0.342. The van der Waals surface area contributed by atoms with Gasteiger partial charge in [-0.3, -0.25) is 4.72 Å². The summed E-state index contributed by atoms with van der Waals surface area (Å²) in [5.41, 5.74) is 5.68. The normalized spacial score (nSPS) is 11.9. The maximum Gasteiger partial charge on any atom is 0.264 e. The molecule has 0 fully saturated rings. The molecule has 1 heterocycles. The van der Waals surface area contributed by atoms with Gasteiger partial charge in [0.05, 0.1) is 21.9 Å². The van der Waals surface area contributed by atoms with Gasteiger partial charge in [0, 0.05) is 12.1 Å². The molecule has 114 valence electrons. The summed E-state index contributed by atoms with van der Waals surface area (Å²) in [6.07, 6.45) is 1.51. The van der Waals surface area contributed by atoms with E-state index in [1.54, 1.807) is 10.7 Å². The van der Waals surface area contributed by atoms with Crippen LogP contribution in [0.25, 0.3) is 0 Å². The topological polar surface area (TPSA) is 90.0 Å². The van der Waals surface area contributed by atoms with Crippen molar-refractivity contribution in [2.45, 2.75) is 24.8 Å². The number of nitrogens with zero attached hydrogens (tertiary/aromatic N) is 2. The molecule has 21 heavy (non-hydrogen) atoms. The van der Waals surface area contributed by atoms with Crippen LogP contribution in [0.4, 0.5) is 11.5 Å². The van der Waals surface area contributed by atoms with Crippen molar-refractivity contribution in [2.75, 3.05) is 10.5 Å². The van der Waals surface area contributed by atoms with E-state index >= 15 is 0 Å². The van der Waals surface area contributed by atoms with E-state index in [9.17, 15) is 8.42 Å². The first kappa shape index (κ1) is 15.9. The number of halogens is 2. The van der Waals surface area contributed by atoms with E-state index in [0.29, 0.717) is 5.82 Å². The Labute approximate surface area is 132 Å². The molecule has 0 spiro atoms. The minimum Gasteiger partial charge on any atom is -0.396 e. The molecular weight excluding hydrogens is 335 g/mol. The van der Waals surface area contributed by atoms with E-state index in [2.05, 4.69) is 9.82 Å². The first-order chi connectivity index (χ1) is 9.74. The van der Waals surface area contributed by atoms with Crippen molar-refractivity contribution < 1.29 is 8.42 Å². The van der Waals surface area contributed by atoms with Crippen molar-refractivity contribution >= 4 is 44.7 Å². The van der Waals surface area contributed by atoms with Crippen LogP contribution in [0.5, 0.6) is 0 Å². The molecular formula is C12H14Cl2N4O2S. The lowest BCUT2D eigenvalue weighted by Gasteiger charge is -2.14. The monoisotopic (exact) mass is 348 g/mol. The van der Waals surface area contributed by atoms with Crippen LogP contribution in [-0.2, 0) is 10.0 Å². The molecule has 0 atom stereocenters. The number of hydrogen-bond donors (Lipinski definition) is 2. The van der Waals surface area contributed by atoms with Gasteiger partial charge in [-0.1, -0.05) is 23.2 Å². The van der Waals surface area contributed by atoms with Gasteiger partial charge in [-0.2, -0.15) is 5.10 Å². The fraction of sp³-hybridized carbons (Fsp3) is 0.250. The first-order valence-corrected chi connectivity index (χ1v) is 8.27. The lowest BCUT2D eigenvalue weighted by atomic mass is 10.3. The van der Waals surface area contributed by atoms with E-state index in [4.69, 9.17) is 28.9 Å². The molecule has 3 N–H and O–H groups in total. The second kappa shape index (κ2) is 5.75. The van der Waals surface area contributed by atoms with Crippen molar-refractivity contribution in [2.24, 2.45) is 0 Å². The molecule has 1 aromatic heterocycles. The quantitative estimate of drug-likeness (QED) is 0.830. The van der Waals surface area contributed by atoms with Crippen LogP contribution in [0, 0.1) is 0 Å². The minimum atomic E-state index is -3.89. The Balaban J connectivity index is 2.44. The third-order valence-corrected chi connectivity index (χ3v) is 5.02. The van der Waals surface area contributed by atoms with E-state index in [0.717, 1.165) is 0 Å². The van der Waals surface area contributed by atoms with E-state index in [1.165, 1.54) is 18.3 Å². The number of aromatic nitrogens is 2. The highest BCUT2D eigenvalue weighted by molar-refractivity contribution is 7.92. The van der Waals surface area contributed by atoms with Gasteiger partial charge in [-0.05, 0) is 26.0 Å². The Morgan fingerprint density at radius 1 is 1.29 bits per heavy atom. The lowest BCUT2D eigenvalue weighted by Crippen LogP contribution is -2.18. The number of rotatable bonds is 4. The summed E-state index contributed by atoms with van der Waals surface area (Å²) in [5, 5.41) is 4.15. The van der Waals surface area contributed by atoms with Crippen LogP contribution in [0.1, 0.15) is 19.9 Å². The van der Waals surface area contributed by atoms with Crippen LogP contribution in [0.2, 0.25) is 10.0 Å². The molecule has 0 amide bonds. The maximum atomic E-state index is 12.4. The molecule has 0 unspecified atom stereocenters. The van der Waals surface area contributed by atoms with E-state index in [-0.39, 0.29) is 26.7 Å². The van der Waals surface area contributed by atoms with Gasteiger partial charge in [0.1, 0.15) is 10.7 Å². The zero-order valence-corrected chi connectivity index (χ0v) is 13.7. The Hall–Kier alpha value is -1.44. The molecule has 9 heteroatoms. The average molecular weight is 349 g/mol. The smallest absolute Gasteiger partial charge is 0.264 e. The van der Waals surface area contributed by atoms with Gasteiger partial charge in [0.15, 0.2) is 0 Å². The maximum absolute atomic E-state index is 12.4. The van der Waals surface area contributed by atoms with E-state index in [1.807, 2.05) is 13.8 Å². The molecule has 0 saturated heterocycles. The van der Waals surface area contributed by atoms with Crippen molar-refractivity contribution in [1.29, 1.82) is 0 Å². The predicted molar refractivity (Wildman–Crippen MR) is 84.3 cm³/mol. The van der Waals surface area contributed by atoms with Crippen molar-refractivity contribution in [3.05, 3.63) is 34.4 Å². The number of benzene rings is 1. The summed E-state index contributed by atoms with van der Waals surface area (Å²) in [6, 6.07) is 4.25. The van der Waals surface area contributed by atoms with Crippen LogP contribution >= 0.6 is 23.2 Å². The number of anilines is 2. The van der Waals surface area contributed by atoms with Gasteiger partial charge < -0.3 is 5.73 Å². The zero-order valence-electron chi connectivity index (χ0n) is 11.3. The lowest BCUT2D eigenvalue weighted by molar-refractivity contribution is 0.539. The predicted octanol–water partition coefficient (Wildman–Crippen LogP) is 3.15. The molecule has 1 aromatic carbocycles. The second-order valence-electron chi connectivity index (χ2n) is 4.63. The molecule has 2 rings (SSSR count). The Morgan fingerprint density at radius 2 is 1.95 bits per heavy atom. The fourth-order valence-electron chi connectivity index (χ4n) is 1.76. The number of sulfonamides is 1. The number of nitrogens with two attached hydrogens (primary N) is 1. The molecule has 2 aromatic rings. The van der Waals surface area contributed by atoms with Crippen LogP contribution < -0.4 is 10.5 Å². The number of hydrogen-bond acceptors (Lipinski definition) is 4. The molecule has 0 bridgehead atoms. The molecule has 0 radical (unpaired) electrons. The van der Waals surface area contributed by atoms with Gasteiger partial charge in [0.2, 0.25) is 0 Å². The Kier molecular flexibility index (Phi) is 4.36.